The van der Waals surface area contributed by atoms with Gasteiger partial charge in [-0.3, -0.25) is 0 Å². The molecule has 0 radical (unpaired) electrons. The second kappa shape index (κ2) is 5.82. The van der Waals surface area contributed by atoms with Crippen LogP contribution < -0.4 is 0 Å². The minimum atomic E-state index is -0.226. The summed E-state index contributed by atoms with van der Waals surface area (Å²) in [7, 11) is 1.14. The Labute approximate surface area is 101 Å². The quantitative estimate of drug-likeness (QED) is 0.502. The molecule has 0 spiro atoms. The Hall–Kier alpha value is 0.0569. The van der Waals surface area contributed by atoms with Crippen LogP contribution in [0.15, 0.2) is 34.7 Å². The summed E-state index contributed by atoms with van der Waals surface area (Å²) in [5.41, 5.74) is 5.26. The predicted molar refractivity (Wildman–Crippen MR) is 75.3 cm³/mol. The van der Waals surface area contributed by atoms with Crippen molar-refractivity contribution < 1.29 is 0 Å². The normalized spacial score (nSPS) is 16.9. The van der Waals surface area contributed by atoms with E-state index in [1.807, 2.05) is 0 Å². The van der Waals surface area contributed by atoms with Gasteiger partial charge in [-0.05, 0) is 35.2 Å². The van der Waals surface area contributed by atoms with E-state index in [-0.39, 0.29) is 33.2 Å². The first kappa shape index (κ1) is 14.1. The van der Waals surface area contributed by atoms with Crippen LogP contribution in [0.2, 0.25) is 13.1 Å². The minimum Gasteiger partial charge on any atom is -0.147 e. The Bertz CT molecular complexity index is 372. The summed E-state index contributed by atoms with van der Waals surface area (Å²) in [6.45, 7) is 4.63. The van der Waals surface area contributed by atoms with Gasteiger partial charge in [0, 0.05) is 13.7 Å². The molecule has 0 fully saturated rings. The van der Waals surface area contributed by atoms with E-state index < -0.39 is 0 Å². The summed E-state index contributed by atoms with van der Waals surface area (Å²) >= 11 is 0. The molecule has 0 atom stereocenters. The van der Waals surface area contributed by atoms with Crippen molar-refractivity contribution in [3.05, 3.63) is 34.7 Å². The van der Waals surface area contributed by atoms with Crippen LogP contribution >= 0.6 is 33.0 Å². The zero-order valence-electron chi connectivity index (χ0n) is 8.15. The Morgan fingerprint density at radius 1 is 1.21 bits per heavy atom. The number of allylic oxidation sites excluding steroid dienone is 6. The van der Waals surface area contributed by atoms with Crippen molar-refractivity contribution in [2.75, 3.05) is 0 Å². The summed E-state index contributed by atoms with van der Waals surface area (Å²) in [6.07, 6.45) is 6.82. The van der Waals surface area contributed by atoms with Gasteiger partial charge in [0.15, 0.2) is 0 Å². The van der Waals surface area contributed by atoms with E-state index in [0.717, 1.165) is 0 Å². The lowest BCUT2D eigenvalue weighted by molar-refractivity contribution is 1.79. The van der Waals surface area contributed by atoms with E-state index >= 15 is 0 Å². The summed E-state index contributed by atoms with van der Waals surface area (Å²) < 4.78 is 0. The van der Waals surface area contributed by atoms with E-state index in [2.05, 4.69) is 42.8 Å². The third-order valence-corrected chi connectivity index (χ3v) is 3.72. The fourth-order valence-corrected chi connectivity index (χ4v) is 3.14. The third kappa shape index (κ3) is 3.03. The predicted octanol–water partition coefficient (Wildman–Crippen LogP) is 3.48. The van der Waals surface area contributed by atoms with Crippen molar-refractivity contribution >= 4 is 52.9 Å². The standard InChI is InChI=1S/C10H11PSi.2ClH/c1-12(2)7-8-5-9-3-4-11-10(9)6-8;;/h3-7H,1-2H3;2*1H. The molecule has 0 aromatic carbocycles. The Kier molecular flexibility index (Phi) is 5.85. The first-order chi connectivity index (χ1) is 5.75. The van der Waals surface area contributed by atoms with Crippen LogP contribution in [-0.4, -0.2) is 19.9 Å². The topological polar surface area (TPSA) is 0 Å². The molecule has 0 nitrogen and oxygen atoms in total. The van der Waals surface area contributed by atoms with Gasteiger partial charge in [0.1, 0.15) is 0 Å². The highest BCUT2D eigenvalue weighted by Gasteiger charge is 2.11. The molecular formula is C10H13Cl2PSi. The van der Waals surface area contributed by atoms with Gasteiger partial charge < -0.3 is 0 Å². The average molecular weight is 263 g/mol. The van der Waals surface area contributed by atoms with Crippen LogP contribution in [0.25, 0.3) is 0 Å². The lowest BCUT2D eigenvalue weighted by Crippen LogP contribution is -1.92. The minimum absolute atomic E-state index is 0. The highest BCUT2D eigenvalue weighted by Crippen LogP contribution is 2.34. The van der Waals surface area contributed by atoms with Crippen LogP contribution in [0, 0.1) is 0 Å². The fraction of sp³-hybridized carbons (Fsp3) is 0.200. The van der Waals surface area contributed by atoms with E-state index in [1.165, 1.54) is 24.7 Å². The summed E-state index contributed by atoms with van der Waals surface area (Å²) in [5.74, 6) is 2.21. The molecule has 4 heteroatoms. The zero-order chi connectivity index (χ0) is 8.55. The van der Waals surface area contributed by atoms with Crippen LogP contribution in [0.5, 0.6) is 0 Å². The van der Waals surface area contributed by atoms with Crippen molar-refractivity contribution in [3.63, 3.8) is 0 Å². The number of hydrogen-bond donors (Lipinski definition) is 0. The summed E-state index contributed by atoms with van der Waals surface area (Å²) in [4.78, 5) is 0. The van der Waals surface area contributed by atoms with Gasteiger partial charge in [0.2, 0.25) is 0 Å². The van der Waals surface area contributed by atoms with E-state index in [4.69, 9.17) is 0 Å². The van der Waals surface area contributed by atoms with Crippen LogP contribution in [-0.2, 0) is 0 Å². The van der Waals surface area contributed by atoms with Crippen LogP contribution in [0.4, 0.5) is 0 Å². The van der Waals surface area contributed by atoms with Gasteiger partial charge in [0.05, 0.1) is 0 Å². The van der Waals surface area contributed by atoms with Gasteiger partial charge in [-0.2, -0.15) is 0 Å². The van der Waals surface area contributed by atoms with Crippen molar-refractivity contribution in [2.24, 2.45) is 0 Å². The molecule has 2 aliphatic rings. The molecule has 0 saturated heterocycles. The van der Waals surface area contributed by atoms with E-state index in [0.29, 0.717) is 0 Å². The molecule has 76 valence electrons. The summed E-state index contributed by atoms with van der Waals surface area (Å²) in [5, 5.41) is 1.48. The number of hydrogen-bond acceptors (Lipinski definition) is 0. The fourth-order valence-electron chi connectivity index (χ4n) is 1.40. The molecule has 0 amide bonds. The number of rotatable bonds is 1. The summed E-state index contributed by atoms with van der Waals surface area (Å²) in [6, 6.07) is 0. The smallest absolute Gasteiger partial charge is 0.00963 e. The van der Waals surface area contributed by atoms with Crippen molar-refractivity contribution in [1.29, 1.82) is 0 Å². The zero-order valence-corrected chi connectivity index (χ0v) is 11.7. The molecule has 14 heavy (non-hydrogen) atoms. The molecule has 0 N–H and O–H groups in total. The van der Waals surface area contributed by atoms with Crippen molar-refractivity contribution in [2.45, 2.75) is 13.1 Å². The lowest BCUT2D eigenvalue weighted by atomic mass is 10.3. The highest BCUT2D eigenvalue weighted by molar-refractivity contribution is 7.45. The Morgan fingerprint density at radius 3 is 2.50 bits per heavy atom. The lowest BCUT2D eigenvalue weighted by Gasteiger charge is -1.88. The first-order valence-electron chi connectivity index (χ1n) is 4.09. The van der Waals surface area contributed by atoms with Crippen LogP contribution in [0.3, 0.4) is 0 Å². The average Bonchev–Trinajstić information content (AvgIpc) is 2.43. The maximum Gasteiger partial charge on any atom is 0.00963 e. The number of fused-ring (bicyclic) bond motifs is 1. The maximum absolute atomic E-state index is 2.41. The van der Waals surface area contributed by atoms with E-state index in [9.17, 15) is 0 Å². The first-order valence-corrected chi connectivity index (χ1v) is 7.63. The molecule has 0 saturated carbocycles. The van der Waals surface area contributed by atoms with Gasteiger partial charge in [0.25, 0.3) is 0 Å². The molecule has 0 aromatic heterocycles. The molecule has 1 aliphatic carbocycles. The van der Waals surface area contributed by atoms with Gasteiger partial charge >= 0.3 is 0 Å². The maximum atomic E-state index is 2.41. The highest BCUT2D eigenvalue weighted by atomic mass is 35.5. The van der Waals surface area contributed by atoms with Gasteiger partial charge in [-0.15, -0.1) is 24.8 Å². The van der Waals surface area contributed by atoms with Crippen molar-refractivity contribution in [3.8, 4) is 0 Å². The molecule has 0 aromatic rings. The second-order valence-corrected chi connectivity index (χ2v) is 6.78. The molecule has 0 bridgehead atoms. The molecule has 0 unspecified atom stereocenters. The Balaban J connectivity index is 0.000000845. The largest absolute Gasteiger partial charge is 0.147 e. The van der Waals surface area contributed by atoms with Gasteiger partial charge in [-0.1, -0.05) is 27.0 Å². The third-order valence-electron chi connectivity index (χ3n) is 1.84. The van der Waals surface area contributed by atoms with E-state index in [1.54, 1.807) is 0 Å². The van der Waals surface area contributed by atoms with Crippen molar-refractivity contribution in [1.82, 2.24) is 0 Å². The SMILES string of the molecule is C[Si](C)=CC1=CC2=CC=PC2=C1.Cl.Cl. The monoisotopic (exact) mass is 262 g/mol. The Morgan fingerprint density at radius 2 is 1.93 bits per heavy atom. The molecule has 1 aliphatic heterocycles. The number of halogens is 2. The molecule has 2 rings (SSSR count). The molecular weight excluding hydrogens is 250 g/mol. The van der Waals surface area contributed by atoms with Crippen LogP contribution in [0.1, 0.15) is 0 Å². The van der Waals surface area contributed by atoms with Gasteiger partial charge in [-0.25, -0.2) is 0 Å². The molecule has 1 heterocycles. The second-order valence-electron chi connectivity index (χ2n) is 3.30.